The van der Waals surface area contributed by atoms with E-state index in [-0.39, 0.29) is 5.91 Å². The van der Waals surface area contributed by atoms with Crippen LogP contribution >= 0.6 is 0 Å². The Hall–Kier alpha value is -2.32. The Balaban J connectivity index is 1.85. The van der Waals surface area contributed by atoms with Gasteiger partial charge in [0.1, 0.15) is 5.75 Å². The van der Waals surface area contributed by atoms with E-state index in [1.165, 1.54) is 10.6 Å². The molecule has 27 heavy (non-hydrogen) atoms. The lowest BCUT2D eigenvalue weighted by atomic mass is 10.2. The maximum Gasteiger partial charge on any atom is 0.255 e. The Morgan fingerprint density at radius 1 is 1.07 bits per heavy atom. The minimum atomic E-state index is -3.21. The molecule has 1 aliphatic heterocycles. The summed E-state index contributed by atoms with van der Waals surface area (Å²) in [5.74, 6) is 0.690. The van der Waals surface area contributed by atoms with Crippen molar-refractivity contribution in [3.63, 3.8) is 0 Å². The molecule has 0 radical (unpaired) electrons. The number of amides is 1. The maximum atomic E-state index is 13.0. The third kappa shape index (κ3) is 3.86. The molecule has 0 N–H and O–H groups in total. The van der Waals surface area contributed by atoms with E-state index in [0.29, 0.717) is 31.7 Å². The molecular weight excluding hydrogens is 366 g/mol. The van der Waals surface area contributed by atoms with E-state index < -0.39 is 10.0 Å². The molecule has 0 saturated carbocycles. The Morgan fingerprint density at radius 3 is 2.33 bits per heavy atom. The van der Waals surface area contributed by atoms with Crippen molar-refractivity contribution >= 4 is 15.9 Å². The summed E-state index contributed by atoms with van der Waals surface area (Å²) < 4.78 is 32.1. The highest BCUT2D eigenvalue weighted by molar-refractivity contribution is 7.88. The van der Waals surface area contributed by atoms with Crippen molar-refractivity contribution in [1.82, 2.24) is 13.8 Å². The van der Waals surface area contributed by atoms with Gasteiger partial charge in [-0.15, -0.1) is 0 Å². The van der Waals surface area contributed by atoms with Gasteiger partial charge in [-0.05, 0) is 32.0 Å². The molecule has 0 unspecified atom stereocenters. The Morgan fingerprint density at radius 2 is 1.74 bits per heavy atom. The SMILES string of the molecule is COc1cccc(-n2c(C)cc(C(=O)N3CCN(S(C)(=O)=O)CC3)c2C)c1. The summed E-state index contributed by atoms with van der Waals surface area (Å²) in [6, 6.07) is 9.59. The molecule has 1 aromatic carbocycles. The van der Waals surface area contributed by atoms with Gasteiger partial charge in [0.2, 0.25) is 10.0 Å². The number of carbonyl (C=O) groups excluding carboxylic acids is 1. The fourth-order valence-electron chi connectivity index (χ4n) is 3.52. The van der Waals surface area contributed by atoms with Crippen LogP contribution in [0.15, 0.2) is 30.3 Å². The first-order valence-corrected chi connectivity index (χ1v) is 10.6. The van der Waals surface area contributed by atoms with Gasteiger partial charge in [-0.25, -0.2) is 8.42 Å². The minimum Gasteiger partial charge on any atom is -0.497 e. The Kier molecular flexibility index (Phi) is 5.30. The average molecular weight is 391 g/mol. The summed E-state index contributed by atoms with van der Waals surface area (Å²) in [5.41, 5.74) is 3.39. The predicted molar refractivity (Wildman–Crippen MR) is 104 cm³/mol. The normalized spacial score (nSPS) is 15.8. The highest BCUT2D eigenvalue weighted by atomic mass is 32.2. The molecule has 1 fully saturated rings. The van der Waals surface area contributed by atoms with E-state index in [4.69, 9.17) is 4.74 Å². The van der Waals surface area contributed by atoms with Crippen LogP contribution in [0.4, 0.5) is 0 Å². The van der Waals surface area contributed by atoms with Crippen LogP contribution in [0, 0.1) is 13.8 Å². The van der Waals surface area contributed by atoms with Crippen LogP contribution in [0.3, 0.4) is 0 Å². The first kappa shape index (κ1) is 19.4. The molecule has 0 bridgehead atoms. The van der Waals surface area contributed by atoms with Gasteiger partial charge in [0.25, 0.3) is 5.91 Å². The monoisotopic (exact) mass is 391 g/mol. The molecule has 3 rings (SSSR count). The van der Waals surface area contributed by atoms with Crippen molar-refractivity contribution in [2.24, 2.45) is 0 Å². The molecule has 1 amide bonds. The van der Waals surface area contributed by atoms with Crippen LogP contribution < -0.4 is 4.74 Å². The average Bonchev–Trinajstić information content (AvgIpc) is 2.94. The molecule has 146 valence electrons. The smallest absolute Gasteiger partial charge is 0.255 e. The number of nitrogens with zero attached hydrogens (tertiary/aromatic N) is 3. The first-order valence-electron chi connectivity index (χ1n) is 8.80. The molecule has 0 aliphatic carbocycles. The van der Waals surface area contributed by atoms with Crippen molar-refractivity contribution in [2.75, 3.05) is 39.5 Å². The standard InChI is InChI=1S/C19H25N3O4S/c1-14-12-18(15(2)22(14)16-6-5-7-17(13-16)26-3)19(23)20-8-10-21(11-9-20)27(4,24)25/h5-7,12-13H,8-11H2,1-4H3. The summed E-state index contributed by atoms with van der Waals surface area (Å²) in [6.45, 7) is 5.35. The molecule has 1 aromatic heterocycles. The van der Waals surface area contributed by atoms with E-state index in [0.717, 1.165) is 22.8 Å². The number of methoxy groups -OCH3 is 1. The largest absolute Gasteiger partial charge is 0.497 e. The fourth-order valence-corrected chi connectivity index (χ4v) is 4.35. The molecule has 7 nitrogen and oxygen atoms in total. The molecule has 8 heteroatoms. The van der Waals surface area contributed by atoms with Crippen LogP contribution in [0.5, 0.6) is 5.75 Å². The zero-order valence-electron chi connectivity index (χ0n) is 16.1. The minimum absolute atomic E-state index is 0.0644. The maximum absolute atomic E-state index is 13.0. The lowest BCUT2D eigenvalue weighted by molar-refractivity contribution is 0.0697. The number of carbonyl (C=O) groups is 1. The number of aromatic nitrogens is 1. The Labute approximate surface area is 160 Å². The summed E-state index contributed by atoms with van der Waals surface area (Å²) >= 11 is 0. The van der Waals surface area contributed by atoms with Crippen molar-refractivity contribution in [3.05, 3.63) is 47.3 Å². The van der Waals surface area contributed by atoms with Crippen LogP contribution in [0.2, 0.25) is 0 Å². The second-order valence-corrected chi connectivity index (χ2v) is 8.76. The van der Waals surface area contributed by atoms with Gasteiger partial charge in [0, 0.05) is 49.3 Å². The van der Waals surface area contributed by atoms with Gasteiger partial charge < -0.3 is 14.2 Å². The van der Waals surface area contributed by atoms with Crippen LogP contribution in [0.25, 0.3) is 5.69 Å². The highest BCUT2D eigenvalue weighted by Crippen LogP contribution is 2.25. The number of aryl methyl sites for hydroxylation is 1. The zero-order chi connectivity index (χ0) is 19.8. The molecule has 1 saturated heterocycles. The number of rotatable bonds is 4. The molecule has 1 aliphatic rings. The number of piperazine rings is 1. The van der Waals surface area contributed by atoms with Gasteiger partial charge in [-0.3, -0.25) is 4.79 Å². The molecule has 0 atom stereocenters. The predicted octanol–water partition coefficient (Wildman–Crippen LogP) is 1.82. The van der Waals surface area contributed by atoms with Gasteiger partial charge in [-0.1, -0.05) is 6.07 Å². The zero-order valence-corrected chi connectivity index (χ0v) is 16.9. The van der Waals surface area contributed by atoms with E-state index in [1.807, 2.05) is 48.7 Å². The van der Waals surface area contributed by atoms with E-state index in [9.17, 15) is 13.2 Å². The lowest BCUT2D eigenvalue weighted by Gasteiger charge is -2.33. The number of benzene rings is 1. The summed E-state index contributed by atoms with van der Waals surface area (Å²) in [7, 11) is -1.59. The van der Waals surface area contributed by atoms with Crippen LogP contribution in [0.1, 0.15) is 21.7 Å². The lowest BCUT2D eigenvalue weighted by Crippen LogP contribution is -2.50. The van der Waals surface area contributed by atoms with Crippen molar-refractivity contribution in [3.8, 4) is 11.4 Å². The van der Waals surface area contributed by atoms with Gasteiger partial charge in [0.15, 0.2) is 0 Å². The van der Waals surface area contributed by atoms with Crippen LogP contribution in [-0.2, 0) is 10.0 Å². The third-order valence-electron chi connectivity index (χ3n) is 4.97. The molecule has 2 aromatic rings. The summed E-state index contributed by atoms with van der Waals surface area (Å²) in [6.07, 6.45) is 1.20. The second-order valence-electron chi connectivity index (χ2n) is 6.78. The van der Waals surface area contributed by atoms with E-state index >= 15 is 0 Å². The highest BCUT2D eigenvalue weighted by Gasteiger charge is 2.28. The molecule has 0 spiro atoms. The van der Waals surface area contributed by atoms with Crippen molar-refractivity contribution in [2.45, 2.75) is 13.8 Å². The van der Waals surface area contributed by atoms with Gasteiger partial charge in [0.05, 0.1) is 18.9 Å². The topological polar surface area (TPSA) is 71.8 Å². The number of sulfonamides is 1. The van der Waals surface area contributed by atoms with Gasteiger partial charge >= 0.3 is 0 Å². The van der Waals surface area contributed by atoms with E-state index in [1.54, 1.807) is 12.0 Å². The third-order valence-corrected chi connectivity index (χ3v) is 6.27. The number of hydrogen-bond acceptors (Lipinski definition) is 4. The van der Waals surface area contributed by atoms with E-state index in [2.05, 4.69) is 0 Å². The Bertz CT molecular complexity index is 957. The quantitative estimate of drug-likeness (QED) is 0.797. The fraction of sp³-hybridized carbons (Fsp3) is 0.421. The molecule has 2 heterocycles. The van der Waals surface area contributed by atoms with Crippen LogP contribution in [-0.4, -0.2) is 67.6 Å². The summed E-state index contributed by atoms with van der Waals surface area (Å²) in [5, 5.41) is 0. The number of hydrogen-bond donors (Lipinski definition) is 0. The first-order chi connectivity index (χ1) is 12.7. The molecular formula is C19H25N3O4S. The van der Waals surface area contributed by atoms with Crippen molar-refractivity contribution < 1.29 is 17.9 Å². The summed E-state index contributed by atoms with van der Waals surface area (Å²) in [4.78, 5) is 14.7. The second kappa shape index (κ2) is 7.36. The van der Waals surface area contributed by atoms with Gasteiger partial charge in [-0.2, -0.15) is 4.31 Å². The van der Waals surface area contributed by atoms with Crippen molar-refractivity contribution in [1.29, 1.82) is 0 Å². The number of ether oxygens (including phenoxy) is 1.